The van der Waals surface area contributed by atoms with E-state index >= 15 is 0 Å². The van der Waals surface area contributed by atoms with Crippen molar-refractivity contribution in [3.63, 3.8) is 0 Å². The standard InChI is InChI=1S/C23H23N3O3/c1-13(2)9-19(27)20-21(15-6-4-5-14(3)10-15)26(23(29)22(20)28)16-7-8-17-18(11-16)25-12-24-17/h4-8,10-13,21,28H,9H2,1-3H3,(H,24,25). The van der Waals surface area contributed by atoms with Crippen LogP contribution in [0.4, 0.5) is 5.69 Å². The number of imidazole rings is 1. The average Bonchev–Trinajstić information content (AvgIpc) is 3.23. The molecule has 0 radical (unpaired) electrons. The highest BCUT2D eigenvalue weighted by Gasteiger charge is 2.44. The molecule has 0 saturated heterocycles. The lowest BCUT2D eigenvalue weighted by molar-refractivity contribution is -0.118. The molecule has 2 aromatic carbocycles. The monoisotopic (exact) mass is 389 g/mol. The van der Waals surface area contributed by atoms with Gasteiger partial charge in [0.25, 0.3) is 5.91 Å². The second-order valence-electron chi connectivity index (χ2n) is 7.88. The molecule has 0 spiro atoms. The molecule has 29 heavy (non-hydrogen) atoms. The summed E-state index contributed by atoms with van der Waals surface area (Å²) in [6.45, 7) is 5.84. The number of nitrogens with zero attached hydrogens (tertiary/aromatic N) is 2. The van der Waals surface area contributed by atoms with E-state index in [1.165, 1.54) is 4.90 Å². The van der Waals surface area contributed by atoms with Gasteiger partial charge < -0.3 is 10.1 Å². The molecule has 0 aliphatic carbocycles. The van der Waals surface area contributed by atoms with Crippen LogP contribution >= 0.6 is 0 Å². The Kier molecular flexibility index (Phi) is 4.70. The molecular formula is C23H23N3O3. The van der Waals surface area contributed by atoms with Crippen molar-refractivity contribution in [3.05, 3.63) is 71.3 Å². The predicted octanol–water partition coefficient (Wildman–Crippen LogP) is 4.39. The minimum absolute atomic E-state index is 0.116. The Morgan fingerprint density at radius 2 is 2.03 bits per heavy atom. The van der Waals surface area contributed by atoms with Crippen molar-refractivity contribution in [1.82, 2.24) is 9.97 Å². The van der Waals surface area contributed by atoms with E-state index < -0.39 is 17.7 Å². The first-order valence-electron chi connectivity index (χ1n) is 9.66. The van der Waals surface area contributed by atoms with Gasteiger partial charge in [0.05, 0.1) is 29.0 Å². The molecule has 1 aliphatic heterocycles. The van der Waals surface area contributed by atoms with Crippen LogP contribution in [-0.4, -0.2) is 26.8 Å². The Labute approximate surface area is 168 Å². The smallest absolute Gasteiger partial charge is 0.294 e. The molecule has 1 amide bonds. The van der Waals surface area contributed by atoms with Gasteiger partial charge in [-0.3, -0.25) is 14.5 Å². The fourth-order valence-corrected chi connectivity index (χ4v) is 3.86. The van der Waals surface area contributed by atoms with Crippen LogP contribution in [0.1, 0.15) is 37.4 Å². The number of rotatable bonds is 5. The van der Waals surface area contributed by atoms with E-state index in [0.717, 1.165) is 16.6 Å². The Balaban J connectivity index is 1.87. The Morgan fingerprint density at radius 3 is 2.76 bits per heavy atom. The Hall–Kier alpha value is -3.41. The number of amides is 1. The first-order chi connectivity index (χ1) is 13.9. The van der Waals surface area contributed by atoms with Gasteiger partial charge in [-0.05, 0) is 36.6 Å². The summed E-state index contributed by atoms with van der Waals surface area (Å²) in [5.41, 5.74) is 4.10. The second-order valence-corrected chi connectivity index (χ2v) is 7.88. The number of nitrogens with one attached hydrogen (secondary N) is 1. The molecule has 1 aromatic heterocycles. The average molecular weight is 389 g/mol. The van der Waals surface area contributed by atoms with Crippen LogP contribution in [-0.2, 0) is 9.59 Å². The molecule has 2 N–H and O–H groups in total. The topological polar surface area (TPSA) is 86.3 Å². The fourth-order valence-electron chi connectivity index (χ4n) is 3.86. The van der Waals surface area contributed by atoms with Crippen molar-refractivity contribution >= 4 is 28.4 Å². The maximum Gasteiger partial charge on any atom is 0.294 e. The number of fused-ring (bicyclic) bond motifs is 1. The lowest BCUT2D eigenvalue weighted by Crippen LogP contribution is -2.31. The molecule has 6 heteroatoms. The zero-order valence-corrected chi connectivity index (χ0v) is 16.6. The lowest BCUT2D eigenvalue weighted by Gasteiger charge is -2.27. The number of carbonyl (C=O) groups excluding carboxylic acids is 2. The van der Waals surface area contributed by atoms with Crippen molar-refractivity contribution in [2.45, 2.75) is 33.2 Å². The number of hydrogen-bond donors (Lipinski definition) is 2. The summed E-state index contributed by atoms with van der Waals surface area (Å²) in [6, 6.07) is 12.4. The van der Waals surface area contributed by atoms with Crippen LogP contribution in [0.2, 0.25) is 0 Å². The van der Waals surface area contributed by atoms with Gasteiger partial charge in [-0.15, -0.1) is 0 Å². The third kappa shape index (κ3) is 3.31. The van der Waals surface area contributed by atoms with Gasteiger partial charge in [-0.1, -0.05) is 43.7 Å². The van der Waals surface area contributed by atoms with Crippen LogP contribution in [0.25, 0.3) is 11.0 Å². The van der Waals surface area contributed by atoms with Crippen LogP contribution < -0.4 is 4.90 Å². The number of aromatic nitrogens is 2. The van der Waals surface area contributed by atoms with Crippen molar-refractivity contribution in [3.8, 4) is 0 Å². The molecule has 6 nitrogen and oxygen atoms in total. The predicted molar refractivity (Wildman–Crippen MR) is 112 cm³/mol. The molecule has 1 aliphatic rings. The van der Waals surface area contributed by atoms with E-state index in [-0.39, 0.29) is 23.7 Å². The third-order valence-electron chi connectivity index (χ3n) is 5.14. The maximum atomic E-state index is 13.1. The summed E-state index contributed by atoms with van der Waals surface area (Å²) in [7, 11) is 0. The number of aromatic amines is 1. The summed E-state index contributed by atoms with van der Waals surface area (Å²) in [6.07, 6.45) is 1.85. The third-order valence-corrected chi connectivity index (χ3v) is 5.14. The number of aliphatic hydroxyl groups is 1. The largest absolute Gasteiger partial charge is 0.503 e. The van der Waals surface area contributed by atoms with Gasteiger partial charge in [-0.25, -0.2) is 4.98 Å². The summed E-state index contributed by atoms with van der Waals surface area (Å²) in [5.74, 6) is -1.13. The van der Waals surface area contributed by atoms with Gasteiger partial charge in [0.2, 0.25) is 0 Å². The zero-order chi connectivity index (χ0) is 20.7. The molecule has 1 atom stereocenters. The van der Waals surface area contributed by atoms with Crippen molar-refractivity contribution in [1.29, 1.82) is 0 Å². The number of benzene rings is 2. The first kappa shape index (κ1) is 18.9. The summed E-state index contributed by atoms with van der Waals surface area (Å²) >= 11 is 0. The molecule has 0 saturated carbocycles. The molecule has 4 rings (SSSR count). The number of H-pyrrole nitrogens is 1. The molecule has 1 unspecified atom stereocenters. The van der Waals surface area contributed by atoms with E-state index in [2.05, 4.69) is 9.97 Å². The first-order valence-corrected chi connectivity index (χ1v) is 9.66. The maximum absolute atomic E-state index is 13.1. The number of Topliss-reactive ketones (excluding diaryl/α,β-unsaturated/α-hetero) is 1. The summed E-state index contributed by atoms with van der Waals surface area (Å²) < 4.78 is 0. The molecule has 0 bridgehead atoms. The number of ketones is 1. The Bertz CT molecular complexity index is 1140. The fraction of sp³-hybridized carbons (Fsp3) is 0.261. The second kappa shape index (κ2) is 7.20. The zero-order valence-electron chi connectivity index (χ0n) is 16.6. The van der Waals surface area contributed by atoms with Crippen molar-refractivity contribution < 1.29 is 14.7 Å². The van der Waals surface area contributed by atoms with Crippen LogP contribution in [0.3, 0.4) is 0 Å². The molecule has 3 aromatic rings. The van der Waals surface area contributed by atoms with Crippen LogP contribution in [0.15, 0.2) is 60.1 Å². The number of aliphatic hydroxyl groups excluding tert-OH is 1. The van der Waals surface area contributed by atoms with Gasteiger partial charge in [0.1, 0.15) is 0 Å². The molecule has 2 heterocycles. The molecular weight excluding hydrogens is 366 g/mol. The van der Waals surface area contributed by atoms with Gasteiger partial charge in [0, 0.05) is 12.1 Å². The van der Waals surface area contributed by atoms with E-state index in [1.54, 1.807) is 18.5 Å². The molecule has 148 valence electrons. The van der Waals surface area contributed by atoms with E-state index in [9.17, 15) is 14.7 Å². The highest BCUT2D eigenvalue weighted by Crippen LogP contribution is 2.42. The van der Waals surface area contributed by atoms with Gasteiger partial charge in [-0.2, -0.15) is 0 Å². The van der Waals surface area contributed by atoms with Gasteiger partial charge in [0.15, 0.2) is 11.5 Å². The highest BCUT2D eigenvalue weighted by molar-refractivity contribution is 6.16. The summed E-state index contributed by atoms with van der Waals surface area (Å²) in [5, 5.41) is 10.7. The van der Waals surface area contributed by atoms with Crippen molar-refractivity contribution in [2.24, 2.45) is 5.92 Å². The van der Waals surface area contributed by atoms with Crippen LogP contribution in [0.5, 0.6) is 0 Å². The van der Waals surface area contributed by atoms with Gasteiger partial charge >= 0.3 is 0 Å². The number of carbonyl (C=O) groups is 2. The normalized spacial score (nSPS) is 17.0. The van der Waals surface area contributed by atoms with Crippen LogP contribution in [0, 0.1) is 12.8 Å². The van der Waals surface area contributed by atoms with E-state index in [4.69, 9.17) is 0 Å². The minimum Gasteiger partial charge on any atom is -0.503 e. The highest BCUT2D eigenvalue weighted by atomic mass is 16.3. The quantitative estimate of drug-likeness (QED) is 0.678. The van der Waals surface area contributed by atoms with Crippen molar-refractivity contribution in [2.75, 3.05) is 4.90 Å². The SMILES string of the molecule is Cc1cccc(C2C(C(=O)CC(C)C)=C(O)C(=O)N2c2ccc3[nH]cnc3c2)c1. The minimum atomic E-state index is -0.676. The van der Waals surface area contributed by atoms with E-state index in [1.807, 2.05) is 51.1 Å². The Morgan fingerprint density at radius 1 is 1.24 bits per heavy atom. The lowest BCUT2D eigenvalue weighted by atomic mass is 9.91. The summed E-state index contributed by atoms with van der Waals surface area (Å²) in [4.78, 5) is 34.9. The number of anilines is 1. The number of hydrogen-bond acceptors (Lipinski definition) is 4. The van der Waals surface area contributed by atoms with E-state index in [0.29, 0.717) is 11.2 Å². The number of aryl methyl sites for hydroxylation is 1. The molecule has 0 fully saturated rings.